The van der Waals surface area contributed by atoms with E-state index < -0.39 is 5.60 Å². The van der Waals surface area contributed by atoms with Crippen molar-refractivity contribution >= 4 is 0 Å². The molecule has 2 heteroatoms. The van der Waals surface area contributed by atoms with Crippen LogP contribution in [0.5, 0.6) is 5.75 Å². The summed E-state index contributed by atoms with van der Waals surface area (Å²) in [4.78, 5) is 0. The Morgan fingerprint density at radius 3 is 2.84 bits per heavy atom. The Morgan fingerprint density at radius 2 is 2.11 bits per heavy atom. The highest BCUT2D eigenvalue weighted by molar-refractivity contribution is 5.39. The van der Waals surface area contributed by atoms with Crippen molar-refractivity contribution in [3.63, 3.8) is 0 Å². The molecule has 1 saturated carbocycles. The number of aliphatic hydroxyl groups is 1. The first-order valence-electron chi connectivity index (χ1n) is 7.47. The molecule has 3 rings (SSSR count). The first-order valence-corrected chi connectivity index (χ1v) is 7.47. The van der Waals surface area contributed by atoms with Crippen LogP contribution in [-0.2, 0) is 12.8 Å². The summed E-state index contributed by atoms with van der Waals surface area (Å²) in [5.74, 6) is 1.05. The molecule has 104 valence electrons. The van der Waals surface area contributed by atoms with Gasteiger partial charge >= 0.3 is 0 Å². The Morgan fingerprint density at radius 1 is 1.26 bits per heavy atom. The minimum absolute atomic E-state index is 0.0623. The highest BCUT2D eigenvalue weighted by Gasteiger charge is 2.46. The van der Waals surface area contributed by atoms with Gasteiger partial charge in [0.2, 0.25) is 0 Å². The van der Waals surface area contributed by atoms with Crippen molar-refractivity contribution in [2.24, 2.45) is 5.41 Å². The van der Waals surface area contributed by atoms with Gasteiger partial charge in [0, 0.05) is 6.42 Å². The molecule has 0 amide bonds. The standard InChI is InChI=1S/C17H24O2/c1-16(2)8-3-9-17(16,18)10-6-13-4-5-15-14(12-13)7-11-19-15/h4-5,12,18H,3,6-11H2,1-2H3. The van der Waals surface area contributed by atoms with Crippen molar-refractivity contribution in [3.05, 3.63) is 29.3 Å². The zero-order valence-electron chi connectivity index (χ0n) is 12.0. The Bertz CT molecular complexity index is 478. The molecule has 1 fully saturated rings. The van der Waals surface area contributed by atoms with Crippen molar-refractivity contribution in [2.45, 2.75) is 58.0 Å². The molecule has 0 bridgehead atoms. The second kappa shape index (κ2) is 4.52. The third-order valence-corrected chi connectivity index (χ3v) is 5.23. The summed E-state index contributed by atoms with van der Waals surface area (Å²) < 4.78 is 5.53. The van der Waals surface area contributed by atoms with Crippen LogP contribution >= 0.6 is 0 Å². The SMILES string of the molecule is CC1(C)CCCC1(O)CCc1ccc2c(c1)CCO2. The van der Waals surface area contributed by atoms with Crippen LogP contribution in [0.4, 0.5) is 0 Å². The predicted molar refractivity (Wildman–Crippen MR) is 76.5 cm³/mol. The largest absolute Gasteiger partial charge is 0.493 e. The van der Waals surface area contributed by atoms with Gasteiger partial charge in [-0.15, -0.1) is 0 Å². The molecule has 19 heavy (non-hydrogen) atoms. The molecule has 1 aliphatic carbocycles. The minimum Gasteiger partial charge on any atom is -0.493 e. The van der Waals surface area contributed by atoms with Gasteiger partial charge < -0.3 is 9.84 Å². The van der Waals surface area contributed by atoms with Crippen molar-refractivity contribution in [2.75, 3.05) is 6.61 Å². The molecule has 1 aromatic rings. The number of rotatable bonds is 3. The van der Waals surface area contributed by atoms with Crippen LogP contribution in [0.2, 0.25) is 0 Å². The average molecular weight is 260 g/mol. The smallest absolute Gasteiger partial charge is 0.122 e. The van der Waals surface area contributed by atoms with Gasteiger partial charge in [-0.3, -0.25) is 0 Å². The molecular formula is C17H24O2. The zero-order chi connectivity index (χ0) is 13.5. The van der Waals surface area contributed by atoms with Gasteiger partial charge in [-0.25, -0.2) is 0 Å². The molecule has 1 unspecified atom stereocenters. The van der Waals surface area contributed by atoms with E-state index in [9.17, 15) is 5.11 Å². The number of aryl methyl sites for hydroxylation is 1. The molecule has 0 spiro atoms. The van der Waals surface area contributed by atoms with Crippen LogP contribution in [0, 0.1) is 5.41 Å². The lowest BCUT2D eigenvalue weighted by atomic mass is 9.74. The van der Waals surface area contributed by atoms with Crippen LogP contribution < -0.4 is 4.74 Å². The summed E-state index contributed by atoms with van der Waals surface area (Å²) in [6.07, 6.45) is 6.11. The summed E-state index contributed by atoms with van der Waals surface area (Å²) >= 11 is 0. The number of hydrogen-bond donors (Lipinski definition) is 1. The second-order valence-electron chi connectivity index (χ2n) is 6.81. The molecule has 1 atom stereocenters. The molecular weight excluding hydrogens is 236 g/mol. The summed E-state index contributed by atoms with van der Waals surface area (Å²) in [6.45, 7) is 5.23. The Labute approximate surface area is 115 Å². The maximum atomic E-state index is 10.8. The monoisotopic (exact) mass is 260 g/mol. The lowest BCUT2D eigenvalue weighted by Crippen LogP contribution is -2.40. The lowest BCUT2D eigenvalue weighted by molar-refractivity contribution is -0.0490. The third kappa shape index (κ3) is 2.27. The highest BCUT2D eigenvalue weighted by atomic mass is 16.5. The summed E-state index contributed by atoms with van der Waals surface area (Å²) in [5, 5.41) is 10.8. The number of ether oxygens (including phenoxy) is 1. The fourth-order valence-corrected chi connectivity index (χ4v) is 3.60. The summed E-state index contributed by atoms with van der Waals surface area (Å²) in [5.41, 5.74) is 2.24. The fraction of sp³-hybridized carbons (Fsp3) is 0.647. The van der Waals surface area contributed by atoms with E-state index >= 15 is 0 Å². The molecule has 1 N–H and O–H groups in total. The van der Waals surface area contributed by atoms with Gasteiger partial charge in [0.25, 0.3) is 0 Å². The maximum absolute atomic E-state index is 10.8. The molecule has 0 aromatic heterocycles. The first kappa shape index (κ1) is 13.0. The third-order valence-electron chi connectivity index (χ3n) is 5.23. The van der Waals surface area contributed by atoms with E-state index in [1.165, 1.54) is 11.1 Å². The number of fused-ring (bicyclic) bond motifs is 1. The van der Waals surface area contributed by atoms with Gasteiger partial charge in [-0.2, -0.15) is 0 Å². The van der Waals surface area contributed by atoms with Crippen molar-refractivity contribution in [1.82, 2.24) is 0 Å². The van der Waals surface area contributed by atoms with E-state index in [1.807, 2.05) is 0 Å². The van der Waals surface area contributed by atoms with Gasteiger partial charge in [0.1, 0.15) is 5.75 Å². The highest BCUT2D eigenvalue weighted by Crippen LogP contribution is 2.48. The van der Waals surface area contributed by atoms with E-state index in [2.05, 4.69) is 32.0 Å². The van der Waals surface area contributed by atoms with Crippen molar-refractivity contribution in [1.29, 1.82) is 0 Å². The van der Waals surface area contributed by atoms with E-state index in [4.69, 9.17) is 4.74 Å². The molecule has 2 aliphatic rings. The van der Waals surface area contributed by atoms with Crippen molar-refractivity contribution in [3.8, 4) is 5.75 Å². The van der Waals surface area contributed by atoms with Gasteiger partial charge in [0.15, 0.2) is 0 Å². The minimum atomic E-state index is -0.484. The predicted octanol–water partition coefficient (Wildman–Crippen LogP) is 3.50. The molecule has 1 aromatic carbocycles. The van der Waals surface area contributed by atoms with E-state index in [0.29, 0.717) is 0 Å². The molecule has 1 heterocycles. The molecule has 2 nitrogen and oxygen atoms in total. The van der Waals surface area contributed by atoms with Crippen LogP contribution in [0.1, 0.15) is 50.7 Å². The fourth-order valence-electron chi connectivity index (χ4n) is 3.60. The molecule has 0 saturated heterocycles. The van der Waals surface area contributed by atoms with Crippen LogP contribution in [-0.4, -0.2) is 17.3 Å². The van der Waals surface area contributed by atoms with E-state index in [0.717, 1.165) is 50.9 Å². The maximum Gasteiger partial charge on any atom is 0.122 e. The Kier molecular flexibility index (Phi) is 3.09. The topological polar surface area (TPSA) is 29.5 Å². The van der Waals surface area contributed by atoms with E-state index in [-0.39, 0.29) is 5.41 Å². The average Bonchev–Trinajstić information content (AvgIpc) is 2.92. The van der Waals surface area contributed by atoms with Crippen LogP contribution in [0.15, 0.2) is 18.2 Å². The lowest BCUT2D eigenvalue weighted by Gasteiger charge is -2.37. The quantitative estimate of drug-likeness (QED) is 0.901. The Hall–Kier alpha value is -1.02. The molecule has 1 aliphatic heterocycles. The van der Waals surface area contributed by atoms with Gasteiger partial charge in [0.05, 0.1) is 12.2 Å². The van der Waals surface area contributed by atoms with Crippen LogP contribution in [0.3, 0.4) is 0 Å². The number of hydrogen-bond acceptors (Lipinski definition) is 2. The Balaban J connectivity index is 1.69. The van der Waals surface area contributed by atoms with Gasteiger partial charge in [-0.05, 0) is 54.7 Å². The first-order chi connectivity index (χ1) is 9.00. The zero-order valence-corrected chi connectivity index (χ0v) is 12.0. The second-order valence-corrected chi connectivity index (χ2v) is 6.81. The normalized spacial score (nSPS) is 28.2. The van der Waals surface area contributed by atoms with Gasteiger partial charge in [-0.1, -0.05) is 26.0 Å². The van der Waals surface area contributed by atoms with Crippen molar-refractivity contribution < 1.29 is 9.84 Å². The van der Waals surface area contributed by atoms with E-state index in [1.54, 1.807) is 0 Å². The molecule has 0 radical (unpaired) electrons. The number of benzene rings is 1. The summed E-state index contributed by atoms with van der Waals surface area (Å²) in [6, 6.07) is 6.49. The van der Waals surface area contributed by atoms with Crippen LogP contribution in [0.25, 0.3) is 0 Å². The summed E-state index contributed by atoms with van der Waals surface area (Å²) in [7, 11) is 0.